The van der Waals surface area contributed by atoms with Crippen LogP contribution < -0.4 is 15.4 Å². The number of nitrogens with one attached hydrogen (secondary N) is 2. The van der Waals surface area contributed by atoms with Gasteiger partial charge in [-0.1, -0.05) is 18.2 Å². The first-order valence-corrected chi connectivity index (χ1v) is 9.68. The molecule has 28 heavy (non-hydrogen) atoms. The predicted octanol–water partition coefficient (Wildman–Crippen LogP) is 2.28. The fraction of sp³-hybridized carbons (Fsp3) is 0.650. The van der Waals surface area contributed by atoms with E-state index >= 15 is 0 Å². The van der Waals surface area contributed by atoms with Crippen molar-refractivity contribution in [1.29, 1.82) is 0 Å². The largest absolute Gasteiger partial charge is 0.496 e. The van der Waals surface area contributed by atoms with Crippen molar-refractivity contribution in [3.05, 3.63) is 29.8 Å². The molecule has 0 amide bonds. The van der Waals surface area contributed by atoms with Gasteiger partial charge < -0.3 is 24.8 Å². The minimum atomic E-state index is 0. The average Bonchev–Trinajstić information content (AvgIpc) is 3.24. The monoisotopic (exact) mass is 506 g/mol. The molecule has 2 rings (SSSR count). The van der Waals surface area contributed by atoms with Crippen LogP contribution in [0.15, 0.2) is 29.3 Å². The number of methoxy groups -OCH3 is 2. The van der Waals surface area contributed by atoms with Gasteiger partial charge in [0.05, 0.1) is 33.0 Å². The van der Waals surface area contributed by atoms with E-state index in [0.717, 1.165) is 31.3 Å². The summed E-state index contributed by atoms with van der Waals surface area (Å²) in [6.45, 7) is 5.54. The van der Waals surface area contributed by atoms with Crippen LogP contribution in [-0.2, 0) is 9.47 Å². The molecular weight excluding hydrogens is 471 g/mol. The summed E-state index contributed by atoms with van der Waals surface area (Å²) in [4.78, 5) is 6.84. The number of halogens is 1. The van der Waals surface area contributed by atoms with Gasteiger partial charge in [0.25, 0.3) is 0 Å². The quantitative estimate of drug-likeness (QED) is 0.208. The lowest BCUT2D eigenvalue weighted by Crippen LogP contribution is -2.43. The Morgan fingerprint density at radius 3 is 2.54 bits per heavy atom. The van der Waals surface area contributed by atoms with E-state index in [0.29, 0.717) is 26.4 Å². The summed E-state index contributed by atoms with van der Waals surface area (Å²) in [6.07, 6.45) is 2.49. The molecule has 1 heterocycles. The number of hydrogen-bond donors (Lipinski definition) is 2. The Morgan fingerprint density at radius 1 is 1.11 bits per heavy atom. The minimum Gasteiger partial charge on any atom is -0.496 e. The Labute approximate surface area is 186 Å². The van der Waals surface area contributed by atoms with Crippen molar-refractivity contribution >= 4 is 29.9 Å². The molecule has 0 aliphatic carbocycles. The van der Waals surface area contributed by atoms with Gasteiger partial charge in [-0.25, -0.2) is 0 Å². The second kappa shape index (κ2) is 14.8. The van der Waals surface area contributed by atoms with E-state index in [1.54, 1.807) is 21.3 Å². The van der Waals surface area contributed by atoms with Gasteiger partial charge >= 0.3 is 0 Å². The maximum Gasteiger partial charge on any atom is 0.191 e. The third kappa shape index (κ3) is 8.10. The Balaban J connectivity index is 0.00000392. The van der Waals surface area contributed by atoms with Crippen LogP contribution in [0.1, 0.15) is 24.4 Å². The number of likely N-dealkylation sites (tertiary alicyclic amines) is 1. The molecule has 1 aliphatic rings. The van der Waals surface area contributed by atoms with Crippen LogP contribution in [0.4, 0.5) is 0 Å². The number of guanidine groups is 1. The van der Waals surface area contributed by atoms with Crippen molar-refractivity contribution in [1.82, 2.24) is 15.5 Å². The first-order valence-electron chi connectivity index (χ1n) is 9.68. The second-order valence-corrected chi connectivity index (χ2v) is 6.49. The molecule has 7 nitrogen and oxygen atoms in total. The van der Waals surface area contributed by atoms with Crippen molar-refractivity contribution in [2.45, 2.75) is 18.9 Å². The van der Waals surface area contributed by atoms with Crippen LogP contribution in [0.25, 0.3) is 0 Å². The highest BCUT2D eigenvalue weighted by molar-refractivity contribution is 14.0. The van der Waals surface area contributed by atoms with Gasteiger partial charge in [0, 0.05) is 32.8 Å². The van der Waals surface area contributed by atoms with Gasteiger partial charge in [-0.3, -0.25) is 9.89 Å². The highest BCUT2D eigenvalue weighted by Crippen LogP contribution is 2.31. The molecule has 0 radical (unpaired) electrons. The smallest absolute Gasteiger partial charge is 0.191 e. The van der Waals surface area contributed by atoms with Gasteiger partial charge in [-0.2, -0.15) is 0 Å². The molecule has 1 unspecified atom stereocenters. The SMILES string of the molecule is CN=C(NCCOCCOC)NCC(c1ccccc1OC)N1CCCC1.I. The van der Waals surface area contributed by atoms with Crippen molar-refractivity contribution in [3.8, 4) is 5.75 Å². The zero-order valence-corrected chi connectivity index (χ0v) is 19.6. The molecule has 1 aliphatic heterocycles. The van der Waals surface area contributed by atoms with Gasteiger partial charge in [0.15, 0.2) is 5.96 Å². The van der Waals surface area contributed by atoms with Crippen molar-refractivity contribution < 1.29 is 14.2 Å². The zero-order valence-electron chi connectivity index (χ0n) is 17.3. The van der Waals surface area contributed by atoms with Gasteiger partial charge in [-0.15, -0.1) is 24.0 Å². The Hall–Kier alpha value is -1.10. The molecule has 1 fully saturated rings. The lowest BCUT2D eigenvalue weighted by Gasteiger charge is -2.30. The summed E-state index contributed by atoms with van der Waals surface area (Å²) in [5.41, 5.74) is 1.22. The molecule has 160 valence electrons. The summed E-state index contributed by atoms with van der Waals surface area (Å²) < 4.78 is 16.1. The van der Waals surface area contributed by atoms with Crippen LogP contribution >= 0.6 is 24.0 Å². The van der Waals surface area contributed by atoms with E-state index in [1.807, 2.05) is 12.1 Å². The number of hydrogen-bond acceptors (Lipinski definition) is 5. The van der Waals surface area contributed by atoms with E-state index < -0.39 is 0 Å². The first-order chi connectivity index (χ1) is 13.3. The van der Waals surface area contributed by atoms with E-state index in [9.17, 15) is 0 Å². The van der Waals surface area contributed by atoms with Crippen LogP contribution in [0.3, 0.4) is 0 Å². The Bertz CT molecular complexity index is 568. The number of benzene rings is 1. The standard InChI is InChI=1S/C20H34N4O3.HI/c1-21-20(22-10-13-27-15-14-25-2)23-16-18(24-11-6-7-12-24)17-8-4-5-9-19(17)26-3;/h4-5,8-9,18H,6-7,10-16H2,1-3H3,(H2,21,22,23);1H. The molecule has 0 spiro atoms. The number of nitrogens with zero attached hydrogens (tertiary/aromatic N) is 2. The molecule has 1 aromatic carbocycles. The molecule has 1 aromatic rings. The molecule has 1 saturated heterocycles. The fourth-order valence-corrected chi connectivity index (χ4v) is 3.33. The maximum atomic E-state index is 5.60. The van der Waals surface area contributed by atoms with Gasteiger partial charge in [-0.05, 0) is 32.0 Å². The summed E-state index contributed by atoms with van der Waals surface area (Å²) in [5.74, 6) is 1.72. The van der Waals surface area contributed by atoms with E-state index in [1.165, 1.54) is 18.4 Å². The van der Waals surface area contributed by atoms with Crippen LogP contribution in [0.2, 0.25) is 0 Å². The van der Waals surface area contributed by atoms with Crippen LogP contribution in [-0.4, -0.2) is 78.1 Å². The number of aliphatic imine (C=N–C) groups is 1. The van der Waals surface area contributed by atoms with Crippen molar-refractivity contribution in [3.63, 3.8) is 0 Å². The fourth-order valence-electron chi connectivity index (χ4n) is 3.33. The lowest BCUT2D eigenvalue weighted by atomic mass is 10.0. The third-order valence-electron chi connectivity index (χ3n) is 4.74. The molecule has 8 heteroatoms. The second-order valence-electron chi connectivity index (χ2n) is 6.49. The summed E-state index contributed by atoms with van der Waals surface area (Å²) in [5, 5.41) is 6.76. The lowest BCUT2D eigenvalue weighted by molar-refractivity contribution is 0.0733. The molecule has 0 saturated carbocycles. The number of rotatable bonds is 11. The normalized spacial score (nSPS) is 15.8. The summed E-state index contributed by atoms with van der Waals surface area (Å²) >= 11 is 0. The van der Waals surface area contributed by atoms with Crippen molar-refractivity contribution in [2.75, 3.05) is 67.3 Å². The van der Waals surface area contributed by atoms with Gasteiger partial charge in [0.2, 0.25) is 0 Å². The topological polar surface area (TPSA) is 67.4 Å². The predicted molar refractivity (Wildman–Crippen MR) is 124 cm³/mol. The van der Waals surface area contributed by atoms with Crippen molar-refractivity contribution in [2.24, 2.45) is 4.99 Å². The van der Waals surface area contributed by atoms with Gasteiger partial charge in [0.1, 0.15) is 5.75 Å². The minimum absolute atomic E-state index is 0. The molecule has 1 atom stereocenters. The summed E-state index contributed by atoms with van der Waals surface area (Å²) in [7, 11) is 5.19. The Kier molecular flexibility index (Phi) is 13.2. The highest BCUT2D eigenvalue weighted by atomic mass is 127. The van der Waals surface area contributed by atoms with Crippen LogP contribution in [0, 0.1) is 0 Å². The summed E-state index contributed by atoms with van der Waals surface area (Å²) in [6, 6.07) is 8.53. The molecule has 0 aromatic heterocycles. The molecule has 0 bridgehead atoms. The maximum absolute atomic E-state index is 5.60. The molecular formula is C20H35IN4O3. The van der Waals surface area contributed by atoms with E-state index in [-0.39, 0.29) is 30.0 Å². The van der Waals surface area contributed by atoms with Crippen LogP contribution in [0.5, 0.6) is 5.75 Å². The van der Waals surface area contributed by atoms with E-state index in [4.69, 9.17) is 14.2 Å². The molecule has 2 N–H and O–H groups in total. The number of para-hydroxylation sites is 1. The highest BCUT2D eigenvalue weighted by Gasteiger charge is 2.25. The number of ether oxygens (including phenoxy) is 3. The van der Waals surface area contributed by atoms with E-state index in [2.05, 4.69) is 32.7 Å². The third-order valence-corrected chi connectivity index (χ3v) is 4.74. The first kappa shape index (κ1) is 24.9. The Morgan fingerprint density at radius 2 is 1.86 bits per heavy atom. The zero-order chi connectivity index (χ0) is 19.3. The average molecular weight is 506 g/mol.